The van der Waals surface area contributed by atoms with Crippen molar-refractivity contribution in [3.63, 3.8) is 0 Å². The topological polar surface area (TPSA) is 95.2 Å². The summed E-state index contributed by atoms with van der Waals surface area (Å²) in [7, 11) is -3.54. The maximum Gasteiger partial charge on any atom is 0.243 e. The summed E-state index contributed by atoms with van der Waals surface area (Å²) in [6.45, 7) is 4.98. The summed E-state index contributed by atoms with van der Waals surface area (Å²) in [6, 6.07) is 13.2. The zero-order valence-electron chi connectivity index (χ0n) is 17.9. The van der Waals surface area contributed by atoms with Gasteiger partial charge >= 0.3 is 0 Å². The van der Waals surface area contributed by atoms with Crippen LogP contribution in [0.25, 0.3) is 11.0 Å². The number of nitrogens with one attached hydrogen (secondary N) is 2. The first kappa shape index (κ1) is 21.5. The maximum atomic E-state index is 13.0. The van der Waals surface area contributed by atoms with E-state index in [4.69, 9.17) is 0 Å². The smallest absolute Gasteiger partial charge is 0.243 e. The second kappa shape index (κ2) is 8.80. The number of benzene rings is 2. The Morgan fingerprint density at radius 1 is 1.16 bits per heavy atom. The number of rotatable bonds is 6. The summed E-state index contributed by atoms with van der Waals surface area (Å²) in [6.07, 6.45) is 1.68. The fourth-order valence-electron chi connectivity index (χ4n) is 4.16. The highest BCUT2D eigenvalue weighted by atomic mass is 32.2. The first-order chi connectivity index (χ1) is 14.8. The molecule has 164 valence electrons. The number of aryl methyl sites for hydroxylation is 2. The predicted molar refractivity (Wildman–Crippen MR) is 120 cm³/mol. The van der Waals surface area contributed by atoms with Crippen molar-refractivity contribution in [1.29, 1.82) is 0 Å². The molecule has 3 aromatic rings. The van der Waals surface area contributed by atoms with Gasteiger partial charge in [0.25, 0.3) is 0 Å². The lowest BCUT2D eigenvalue weighted by atomic mass is 9.97. The van der Waals surface area contributed by atoms with Crippen molar-refractivity contribution in [3.8, 4) is 0 Å². The Labute approximate surface area is 182 Å². The van der Waals surface area contributed by atoms with E-state index in [1.807, 2.05) is 50.2 Å². The summed E-state index contributed by atoms with van der Waals surface area (Å²) in [5.41, 5.74) is 3.70. The maximum absolute atomic E-state index is 13.0. The predicted octanol–water partition coefficient (Wildman–Crippen LogP) is 2.94. The molecule has 0 aliphatic carbocycles. The summed E-state index contributed by atoms with van der Waals surface area (Å²) < 4.78 is 27.5. The van der Waals surface area contributed by atoms with Gasteiger partial charge in [0.05, 0.1) is 15.9 Å². The van der Waals surface area contributed by atoms with E-state index in [0.717, 1.165) is 28.0 Å². The van der Waals surface area contributed by atoms with E-state index in [0.29, 0.717) is 43.8 Å². The molecule has 0 saturated carbocycles. The van der Waals surface area contributed by atoms with Crippen LogP contribution in [0.2, 0.25) is 0 Å². The average molecular weight is 441 g/mol. The van der Waals surface area contributed by atoms with Crippen LogP contribution in [0.5, 0.6) is 0 Å². The Hall–Kier alpha value is -2.71. The minimum absolute atomic E-state index is 0.0142. The number of aromatic amines is 1. The quantitative estimate of drug-likeness (QED) is 0.616. The number of carbonyl (C=O) groups is 1. The van der Waals surface area contributed by atoms with E-state index in [9.17, 15) is 13.2 Å². The van der Waals surface area contributed by atoms with Gasteiger partial charge in [-0.2, -0.15) is 4.31 Å². The molecule has 2 N–H and O–H groups in total. The standard InChI is InChI=1S/C23H28N4O3S/c1-16-7-8-21(17(2)15-16)31(29,30)27-13-10-18(11-14-27)23(28)24-12-9-22-25-19-5-3-4-6-20(19)26-22/h3-8,15,18H,9-14H2,1-2H3,(H,24,28)(H,25,26). The normalized spacial score (nSPS) is 15.9. The van der Waals surface area contributed by atoms with Gasteiger partial charge in [0.2, 0.25) is 15.9 Å². The molecule has 1 aromatic heterocycles. The molecule has 31 heavy (non-hydrogen) atoms. The molecular formula is C23H28N4O3S. The van der Waals surface area contributed by atoms with Gasteiger partial charge in [0.1, 0.15) is 5.82 Å². The number of aromatic nitrogens is 2. The summed E-state index contributed by atoms with van der Waals surface area (Å²) in [5, 5.41) is 2.98. The molecule has 2 aromatic carbocycles. The molecule has 0 radical (unpaired) electrons. The number of carbonyl (C=O) groups excluding carboxylic acids is 1. The Morgan fingerprint density at radius 3 is 2.61 bits per heavy atom. The molecule has 4 rings (SSSR count). The van der Waals surface area contributed by atoms with Crippen molar-refractivity contribution in [2.75, 3.05) is 19.6 Å². The highest BCUT2D eigenvalue weighted by molar-refractivity contribution is 7.89. The van der Waals surface area contributed by atoms with Crippen LogP contribution < -0.4 is 5.32 Å². The minimum atomic E-state index is -3.54. The van der Waals surface area contributed by atoms with E-state index in [1.165, 1.54) is 4.31 Å². The number of imidazole rings is 1. The van der Waals surface area contributed by atoms with Crippen molar-refractivity contribution in [1.82, 2.24) is 19.6 Å². The number of hydrogen-bond acceptors (Lipinski definition) is 4. The van der Waals surface area contributed by atoms with Crippen LogP contribution in [-0.4, -0.2) is 48.2 Å². The highest BCUT2D eigenvalue weighted by Crippen LogP contribution is 2.26. The number of para-hydroxylation sites is 2. The molecule has 0 spiro atoms. The molecular weight excluding hydrogens is 412 g/mol. The zero-order valence-corrected chi connectivity index (χ0v) is 18.7. The lowest BCUT2D eigenvalue weighted by Crippen LogP contribution is -2.43. The lowest BCUT2D eigenvalue weighted by molar-refractivity contribution is -0.126. The minimum Gasteiger partial charge on any atom is -0.355 e. The van der Waals surface area contributed by atoms with Crippen LogP contribution >= 0.6 is 0 Å². The highest BCUT2D eigenvalue weighted by Gasteiger charge is 2.32. The average Bonchev–Trinajstić information content (AvgIpc) is 3.16. The largest absolute Gasteiger partial charge is 0.355 e. The number of hydrogen-bond donors (Lipinski definition) is 2. The molecule has 8 heteroatoms. The van der Waals surface area contributed by atoms with E-state index in [1.54, 1.807) is 6.07 Å². The lowest BCUT2D eigenvalue weighted by Gasteiger charge is -2.31. The number of amides is 1. The van der Waals surface area contributed by atoms with Crippen LogP contribution in [0, 0.1) is 19.8 Å². The molecule has 0 unspecified atom stereocenters. The van der Waals surface area contributed by atoms with Crippen LogP contribution in [0.15, 0.2) is 47.4 Å². The Bertz CT molecular complexity index is 1160. The van der Waals surface area contributed by atoms with Crippen LogP contribution in [0.3, 0.4) is 0 Å². The second-order valence-corrected chi connectivity index (χ2v) is 10.1. The molecule has 0 bridgehead atoms. The number of sulfonamides is 1. The van der Waals surface area contributed by atoms with Gasteiger partial charge in [-0.15, -0.1) is 0 Å². The van der Waals surface area contributed by atoms with Crippen molar-refractivity contribution < 1.29 is 13.2 Å². The molecule has 1 aliphatic rings. The van der Waals surface area contributed by atoms with Crippen molar-refractivity contribution in [2.24, 2.45) is 5.92 Å². The first-order valence-corrected chi connectivity index (χ1v) is 12.1. The van der Waals surface area contributed by atoms with Gasteiger partial charge in [-0.3, -0.25) is 4.79 Å². The number of H-pyrrole nitrogens is 1. The summed E-state index contributed by atoms with van der Waals surface area (Å²) in [5.74, 6) is 0.664. The molecule has 1 fully saturated rings. The van der Waals surface area contributed by atoms with Crippen LogP contribution in [-0.2, 0) is 21.2 Å². The number of piperidine rings is 1. The Morgan fingerprint density at radius 2 is 1.90 bits per heavy atom. The van der Waals surface area contributed by atoms with E-state index < -0.39 is 10.0 Å². The fraction of sp³-hybridized carbons (Fsp3) is 0.391. The Balaban J connectivity index is 1.29. The monoisotopic (exact) mass is 440 g/mol. The second-order valence-electron chi connectivity index (χ2n) is 8.19. The van der Waals surface area contributed by atoms with Gasteiger partial charge in [0.15, 0.2) is 0 Å². The Kier molecular flexibility index (Phi) is 6.11. The van der Waals surface area contributed by atoms with Gasteiger partial charge in [-0.25, -0.2) is 13.4 Å². The van der Waals surface area contributed by atoms with E-state index in [-0.39, 0.29) is 11.8 Å². The third-order valence-corrected chi connectivity index (χ3v) is 7.93. The number of fused-ring (bicyclic) bond motifs is 1. The third-order valence-electron chi connectivity index (χ3n) is 5.87. The number of nitrogens with zero attached hydrogens (tertiary/aromatic N) is 2. The zero-order chi connectivity index (χ0) is 22.0. The molecule has 1 aliphatic heterocycles. The van der Waals surface area contributed by atoms with Gasteiger partial charge in [-0.1, -0.05) is 29.8 Å². The first-order valence-electron chi connectivity index (χ1n) is 10.6. The van der Waals surface area contributed by atoms with Crippen molar-refractivity contribution in [3.05, 3.63) is 59.4 Å². The van der Waals surface area contributed by atoms with Gasteiger partial charge < -0.3 is 10.3 Å². The van der Waals surface area contributed by atoms with E-state index in [2.05, 4.69) is 15.3 Å². The van der Waals surface area contributed by atoms with Gasteiger partial charge in [-0.05, 0) is 50.5 Å². The summed E-state index contributed by atoms with van der Waals surface area (Å²) >= 11 is 0. The third kappa shape index (κ3) is 4.65. The van der Waals surface area contributed by atoms with Crippen LogP contribution in [0.1, 0.15) is 29.8 Å². The summed E-state index contributed by atoms with van der Waals surface area (Å²) in [4.78, 5) is 20.7. The van der Waals surface area contributed by atoms with Crippen molar-refractivity contribution >= 4 is 27.0 Å². The molecule has 1 saturated heterocycles. The molecule has 1 amide bonds. The van der Waals surface area contributed by atoms with Crippen molar-refractivity contribution in [2.45, 2.75) is 38.0 Å². The molecule has 2 heterocycles. The SMILES string of the molecule is Cc1ccc(S(=O)(=O)N2CCC(C(=O)NCCc3nc4ccccc4[nH]3)CC2)c(C)c1. The molecule has 0 atom stereocenters. The fourth-order valence-corrected chi connectivity index (χ4v) is 5.83. The van der Waals surface area contributed by atoms with E-state index >= 15 is 0 Å². The molecule has 7 nitrogen and oxygen atoms in total. The van der Waals surface area contributed by atoms with Crippen LogP contribution in [0.4, 0.5) is 0 Å². The van der Waals surface area contributed by atoms with Gasteiger partial charge in [0, 0.05) is 32.0 Å².